The number of aromatic nitrogens is 1. The zero-order valence-corrected chi connectivity index (χ0v) is 34.4. The molecule has 0 fully saturated rings. The van der Waals surface area contributed by atoms with E-state index in [-0.39, 0.29) is 0 Å². The number of benzene rings is 10. The molecular formula is C60H40N2O. The summed E-state index contributed by atoms with van der Waals surface area (Å²) in [5.74, 6) is 0. The second-order valence-electron chi connectivity index (χ2n) is 16.2. The Hall–Kier alpha value is -8.40. The zero-order valence-electron chi connectivity index (χ0n) is 34.4. The van der Waals surface area contributed by atoms with Gasteiger partial charge in [-0.25, -0.2) is 0 Å². The lowest BCUT2D eigenvalue weighted by molar-refractivity contribution is 0.669. The quantitative estimate of drug-likeness (QED) is 0.153. The van der Waals surface area contributed by atoms with Gasteiger partial charge in [0.15, 0.2) is 0 Å². The Kier molecular flexibility index (Phi) is 8.83. The predicted octanol–water partition coefficient (Wildman–Crippen LogP) is 16.8. The Morgan fingerprint density at radius 1 is 0.270 bits per heavy atom. The van der Waals surface area contributed by atoms with Gasteiger partial charge in [0, 0.05) is 44.3 Å². The van der Waals surface area contributed by atoms with Crippen molar-refractivity contribution in [3.8, 4) is 50.2 Å². The summed E-state index contributed by atoms with van der Waals surface area (Å²) in [6, 6.07) is 87.0. The van der Waals surface area contributed by atoms with Crippen LogP contribution < -0.4 is 4.90 Å². The minimum atomic E-state index is 0.887. The molecule has 10 aromatic carbocycles. The van der Waals surface area contributed by atoms with E-state index in [1.165, 1.54) is 44.1 Å². The van der Waals surface area contributed by atoms with Crippen molar-refractivity contribution in [3.05, 3.63) is 243 Å². The highest BCUT2D eigenvalue weighted by atomic mass is 16.3. The number of furan rings is 1. The van der Waals surface area contributed by atoms with Crippen LogP contribution in [0, 0.1) is 0 Å². The molecule has 296 valence electrons. The second-order valence-corrected chi connectivity index (χ2v) is 16.2. The first-order valence-electron chi connectivity index (χ1n) is 21.5. The van der Waals surface area contributed by atoms with Gasteiger partial charge in [0.25, 0.3) is 0 Å². The third kappa shape index (κ3) is 6.55. The van der Waals surface area contributed by atoms with Crippen LogP contribution in [0.1, 0.15) is 0 Å². The fraction of sp³-hybridized carbons (Fsp3) is 0. The highest BCUT2D eigenvalue weighted by Gasteiger charge is 2.16. The Morgan fingerprint density at radius 2 is 0.635 bits per heavy atom. The number of rotatable bonds is 8. The van der Waals surface area contributed by atoms with Gasteiger partial charge < -0.3 is 13.9 Å². The summed E-state index contributed by atoms with van der Waals surface area (Å²) in [7, 11) is 0. The lowest BCUT2D eigenvalue weighted by Gasteiger charge is -2.26. The highest BCUT2D eigenvalue weighted by Crippen LogP contribution is 2.40. The van der Waals surface area contributed by atoms with Gasteiger partial charge in [-0.05, 0) is 129 Å². The van der Waals surface area contributed by atoms with Crippen LogP contribution in [0.15, 0.2) is 247 Å². The normalized spacial score (nSPS) is 11.5. The van der Waals surface area contributed by atoms with Crippen molar-refractivity contribution in [2.45, 2.75) is 0 Å². The van der Waals surface area contributed by atoms with Crippen molar-refractivity contribution in [1.82, 2.24) is 4.57 Å². The van der Waals surface area contributed by atoms with Crippen LogP contribution in [0.5, 0.6) is 0 Å². The van der Waals surface area contributed by atoms with E-state index in [9.17, 15) is 0 Å². The van der Waals surface area contributed by atoms with E-state index >= 15 is 0 Å². The predicted molar refractivity (Wildman–Crippen MR) is 264 cm³/mol. The van der Waals surface area contributed by atoms with Gasteiger partial charge in [-0.3, -0.25) is 0 Å². The fourth-order valence-corrected chi connectivity index (χ4v) is 9.28. The molecule has 3 nitrogen and oxygen atoms in total. The fourth-order valence-electron chi connectivity index (χ4n) is 9.28. The minimum Gasteiger partial charge on any atom is -0.456 e. The maximum Gasteiger partial charge on any atom is 0.136 e. The summed E-state index contributed by atoms with van der Waals surface area (Å²) in [6.45, 7) is 0. The first-order chi connectivity index (χ1) is 31.2. The molecule has 3 heteroatoms. The Balaban J connectivity index is 0.888. The van der Waals surface area contributed by atoms with Crippen LogP contribution in [-0.4, -0.2) is 4.57 Å². The number of hydrogen-bond acceptors (Lipinski definition) is 2. The molecule has 0 bridgehead atoms. The Labute approximate surface area is 366 Å². The van der Waals surface area contributed by atoms with Crippen molar-refractivity contribution in [2.75, 3.05) is 4.90 Å². The number of nitrogens with zero attached hydrogens (tertiary/aromatic N) is 2. The Morgan fingerprint density at radius 3 is 1.13 bits per heavy atom. The largest absolute Gasteiger partial charge is 0.456 e. The molecule has 2 heterocycles. The SMILES string of the molecule is c1ccc(-c2ccc(N(c3ccc(-c4cccc(-n5c6ccccc6c6ccccc65)c4)cc3)c3ccc(-c4ccc5c(c4)oc4cc(-c6ccccc6)ccc45)cc3)cc2)cc1. The molecule has 12 rings (SSSR count). The van der Waals surface area contributed by atoms with E-state index in [2.05, 4.69) is 246 Å². The van der Waals surface area contributed by atoms with Crippen LogP contribution in [0.2, 0.25) is 0 Å². The third-order valence-electron chi connectivity index (χ3n) is 12.4. The van der Waals surface area contributed by atoms with Crippen molar-refractivity contribution in [2.24, 2.45) is 0 Å². The summed E-state index contributed by atoms with van der Waals surface area (Å²) in [5.41, 5.74) is 17.9. The van der Waals surface area contributed by atoms with Crippen LogP contribution in [-0.2, 0) is 0 Å². The average molecular weight is 805 g/mol. The lowest BCUT2D eigenvalue weighted by atomic mass is 10.0. The molecule has 0 saturated carbocycles. The average Bonchev–Trinajstić information content (AvgIpc) is 3.90. The number of anilines is 3. The number of hydrogen-bond donors (Lipinski definition) is 0. The summed E-state index contributed by atoms with van der Waals surface area (Å²) < 4.78 is 8.87. The van der Waals surface area contributed by atoms with E-state index in [0.29, 0.717) is 0 Å². The molecule has 0 spiro atoms. The summed E-state index contributed by atoms with van der Waals surface area (Å²) in [6.07, 6.45) is 0. The lowest BCUT2D eigenvalue weighted by Crippen LogP contribution is -2.09. The van der Waals surface area contributed by atoms with Crippen molar-refractivity contribution in [1.29, 1.82) is 0 Å². The molecule has 63 heavy (non-hydrogen) atoms. The second kappa shape index (κ2) is 15.3. The molecule has 0 amide bonds. The van der Waals surface area contributed by atoms with Crippen molar-refractivity contribution in [3.63, 3.8) is 0 Å². The van der Waals surface area contributed by atoms with Crippen LogP contribution in [0.4, 0.5) is 17.1 Å². The van der Waals surface area contributed by atoms with Crippen molar-refractivity contribution >= 4 is 60.8 Å². The molecule has 0 aliphatic heterocycles. The van der Waals surface area contributed by atoms with Gasteiger partial charge in [0.2, 0.25) is 0 Å². The van der Waals surface area contributed by atoms with Crippen LogP contribution in [0.3, 0.4) is 0 Å². The molecule has 2 aromatic heterocycles. The molecule has 0 atom stereocenters. The third-order valence-corrected chi connectivity index (χ3v) is 12.4. The molecule has 12 aromatic rings. The topological polar surface area (TPSA) is 21.3 Å². The monoisotopic (exact) mass is 804 g/mol. The number of para-hydroxylation sites is 2. The van der Waals surface area contributed by atoms with Gasteiger partial charge in [-0.2, -0.15) is 0 Å². The first kappa shape index (κ1) is 36.5. The molecular weight excluding hydrogens is 765 g/mol. The van der Waals surface area contributed by atoms with E-state index < -0.39 is 0 Å². The summed E-state index contributed by atoms with van der Waals surface area (Å²) in [5, 5.41) is 4.77. The maximum absolute atomic E-state index is 6.49. The van der Waals surface area contributed by atoms with E-state index in [1.807, 2.05) is 6.07 Å². The molecule has 0 unspecified atom stereocenters. The smallest absolute Gasteiger partial charge is 0.136 e. The molecule has 0 radical (unpaired) electrons. The summed E-state index contributed by atoms with van der Waals surface area (Å²) >= 11 is 0. The summed E-state index contributed by atoms with van der Waals surface area (Å²) in [4.78, 5) is 2.34. The zero-order chi connectivity index (χ0) is 41.7. The first-order valence-corrected chi connectivity index (χ1v) is 21.5. The van der Waals surface area contributed by atoms with Crippen LogP contribution >= 0.6 is 0 Å². The van der Waals surface area contributed by atoms with Crippen LogP contribution in [0.25, 0.3) is 93.9 Å². The van der Waals surface area contributed by atoms with E-state index in [1.54, 1.807) is 0 Å². The molecule has 0 N–H and O–H groups in total. The molecule has 0 aliphatic rings. The van der Waals surface area contributed by atoms with Gasteiger partial charge in [0.1, 0.15) is 11.2 Å². The Bertz CT molecular complexity index is 3530. The van der Waals surface area contributed by atoms with Gasteiger partial charge >= 0.3 is 0 Å². The van der Waals surface area contributed by atoms with Crippen molar-refractivity contribution < 1.29 is 4.42 Å². The minimum absolute atomic E-state index is 0.887. The highest BCUT2D eigenvalue weighted by molar-refractivity contribution is 6.09. The van der Waals surface area contributed by atoms with Gasteiger partial charge in [0.05, 0.1) is 11.0 Å². The van der Waals surface area contributed by atoms with E-state index in [0.717, 1.165) is 66.9 Å². The number of fused-ring (bicyclic) bond motifs is 6. The van der Waals surface area contributed by atoms with Gasteiger partial charge in [-0.15, -0.1) is 0 Å². The molecule has 0 saturated heterocycles. The van der Waals surface area contributed by atoms with E-state index in [4.69, 9.17) is 4.42 Å². The van der Waals surface area contributed by atoms with Gasteiger partial charge in [-0.1, -0.05) is 158 Å². The standard InChI is InChI=1S/C60H40N2O/c1-3-12-41(13-4-1)43-22-30-49(31-23-43)61(50-32-24-44(25-33-50)46-16-11-17-52(38-46)62-57-20-9-7-18-53(57)54-19-8-10-21-58(54)62)51-34-26-45(27-35-51)48-29-37-56-55-36-28-47(42-14-5-2-6-15-42)39-59(55)63-60(56)40-48/h1-40H. The maximum atomic E-state index is 6.49. The molecule has 0 aliphatic carbocycles.